The molecule has 2 fully saturated rings. The number of carbonyl (C=O) groups excluding carboxylic acids is 2. The lowest BCUT2D eigenvalue weighted by Crippen LogP contribution is -2.50. The summed E-state index contributed by atoms with van der Waals surface area (Å²) in [6, 6.07) is 0.565. The molecule has 2 N–H and O–H groups in total. The molecule has 0 aromatic rings. The van der Waals surface area contributed by atoms with Crippen molar-refractivity contribution in [3.05, 3.63) is 0 Å². The number of piperidine rings is 1. The summed E-state index contributed by atoms with van der Waals surface area (Å²) in [4.78, 5) is 28.6. The highest BCUT2D eigenvalue weighted by atomic mass is 35.5. The molecule has 0 radical (unpaired) electrons. The Kier molecular flexibility index (Phi) is 10.2. The van der Waals surface area contributed by atoms with Gasteiger partial charge in [0, 0.05) is 32.2 Å². The Hall–Kier alpha value is -0.460. The minimum absolute atomic E-state index is 0. The summed E-state index contributed by atoms with van der Waals surface area (Å²) in [6.07, 6.45) is 8.03. The fourth-order valence-electron chi connectivity index (χ4n) is 3.89. The molecule has 5 nitrogen and oxygen atoms in total. The highest BCUT2D eigenvalue weighted by Gasteiger charge is 2.29. The van der Waals surface area contributed by atoms with Gasteiger partial charge in [0.2, 0.25) is 11.8 Å². The minimum atomic E-state index is 0. The van der Waals surface area contributed by atoms with Crippen molar-refractivity contribution in [3.63, 3.8) is 0 Å². The zero-order chi connectivity index (χ0) is 17.5. The van der Waals surface area contributed by atoms with E-state index in [0.717, 1.165) is 32.2 Å². The molecule has 146 valence electrons. The fourth-order valence-corrected chi connectivity index (χ4v) is 4.71. The number of thioether (sulfide) groups is 1. The minimum Gasteiger partial charge on any atom is -0.342 e. The van der Waals surface area contributed by atoms with Crippen LogP contribution < -0.4 is 5.73 Å². The second kappa shape index (κ2) is 11.3. The topological polar surface area (TPSA) is 66.6 Å². The lowest BCUT2D eigenvalue weighted by molar-refractivity contribution is -0.132. The van der Waals surface area contributed by atoms with Crippen molar-refractivity contribution in [1.82, 2.24) is 9.80 Å². The summed E-state index contributed by atoms with van der Waals surface area (Å²) in [6.45, 7) is 3.56. The summed E-state index contributed by atoms with van der Waals surface area (Å²) in [5.41, 5.74) is 5.83. The summed E-state index contributed by atoms with van der Waals surface area (Å²) >= 11 is 1.45. The van der Waals surface area contributed by atoms with Gasteiger partial charge in [-0.05, 0) is 31.6 Å². The van der Waals surface area contributed by atoms with Gasteiger partial charge in [-0.1, -0.05) is 26.2 Å². The van der Waals surface area contributed by atoms with Gasteiger partial charge in [0.1, 0.15) is 0 Å². The van der Waals surface area contributed by atoms with Gasteiger partial charge in [-0.15, -0.1) is 24.2 Å². The molecule has 1 aliphatic carbocycles. The van der Waals surface area contributed by atoms with Crippen LogP contribution in [0.3, 0.4) is 0 Å². The molecule has 1 heterocycles. The van der Waals surface area contributed by atoms with Crippen molar-refractivity contribution < 1.29 is 9.59 Å². The molecular weight excluding hydrogens is 358 g/mol. The number of nitrogens with two attached hydrogens (primary N) is 1. The molecule has 1 saturated carbocycles. The second-order valence-electron chi connectivity index (χ2n) is 7.40. The molecule has 1 saturated heterocycles. The lowest BCUT2D eigenvalue weighted by atomic mass is 9.92. The molecule has 2 rings (SSSR count). The monoisotopic (exact) mass is 391 g/mol. The predicted molar refractivity (Wildman–Crippen MR) is 107 cm³/mol. The molecule has 2 unspecified atom stereocenters. The molecule has 2 aliphatic rings. The van der Waals surface area contributed by atoms with Gasteiger partial charge in [-0.3, -0.25) is 9.59 Å². The van der Waals surface area contributed by atoms with Crippen LogP contribution in [0.1, 0.15) is 51.9 Å². The van der Waals surface area contributed by atoms with E-state index in [4.69, 9.17) is 5.73 Å². The molecule has 0 aromatic carbocycles. The first kappa shape index (κ1) is 22.6. The Balaban J connectivity index is 0.00000312. The maximum atomic E-state index is 12.5. The zero-order valence-corrected chi connectivity index (χ0v) is 17.2. The average Bonchev–Trinajstić information content (AvgIpc) is 2.61. The number of nitrogens with zero attached hydrogens (tertiary/aromatic N) is 2. The smallest absolute Gasteiger partial charge is 0.232 e. The van der Waals surface area contributed by atoms with E-state index in [1.807, 2.05) is 16.8 Å². The van der Waals surface area contributed by atoms with E-state index in [1.54, 1.807) is 0 Å². The number of hydrogen-bond donors (Lipinski definition) is 1. The molecular formula is C18H34ClN3O2S. The van der Waals surface area contributed by atoms with Crippen LogP contribution >= 0.6 is 24.2 Å². The average molecular weight is 392 g/mol. The number of carbonyl (C=O) groups is 2. The van der Waals surface area contributed by atoms with E-state index in [9.17, 15) is 9.59 Å². The maximum absolute atomic E-state index is 12.5. The zero-order valence-electron chi connectivity index (χ0n) is 15.6. The van der Waals surface area contributed by atoms with Gasteiger partial charge >= 0.3 is 0 Å². The molecule has 2 atom stereocenters. The summed E-state index contributed by atoms with van der Waals surface area (Å²) in [5, 5.41) is 0. The van der Waals surface area contributed by atoms with Crippen LogP contribution in [0.15, 0.2) is 0 Å². The fraction of sp³-hybridized carbons (Fsp3) is 0.889. The molecule has 25 heavy (non-hydrogen) atoms. The Morgan fingerprint density at radius 2 is 1.84 bits per heavy atom. The second-order valence-corrected chi connectivity index (χ2v) is 8.38. The van der Waals surface area contributed by atoms with Gasteiger partial charge in [-0.25, -0.2) is 0 Å². The molecule has 2 amide bonds. The van der Waals surface area contributed by atoms with Crippen LogP contribution in [-0.2, 0) is 9.59 Å². The normalized spacial score (nSPS) is 24.5. The van der Waals surface area contributed by atoms with E-state index < -0.39 is 0 Å². The van der Waals surface area contributed by atoms with Crippen molar-refractivity contribution in [2.45, 2.75) is 64.0 Å². The van der Waals surface area contributed by atoms with Crippen LogP contribution in [0, 0.1) is 5.92 Å². The van der Waals surface area contributed by atoms with Crippen molar-refractivity contribution in [3.8, 4) is 0 Å². The Bertz CT molecular complexity index is 433. The van der Waals surface area contributed by atoms with Crippen LogP contribution in [0.5, 0.6) is 0 Å². The van der Waals surface area contributed by atoms with Crippen molar-refractivity contribution >= 4 is 36.0 Å². The summed E-state index contributed by atoms with van der Waals surface area (Å²) < 4.78 is 0. The van der Waals surface area contributed by atoms with Gasteiger partial charge in [0.25, 0.3) is 0 Å². The van der Waals surface area contributed by atoms with Crippen molar-refractivity contribution in [2.24, 2.45) is 11.7 Å². The van der Waals surface area contributed by atoms with Crippen LogP contribution in [0.4, 0.5) is 0 Å². The van der Waals surface area contributed by atoms with E-state index in [0.29, 0.717) is 30.0 Å². The number of likely N-dealkylation sites (tertiary alicyclic amines) is 1. The summed E-state index contributed by atoms with van der Waals surface area (Å²) in [7, 11) is 1.91. The first-order valence-corrected chi connectivity index (χ1v) is 10.5. The number of halogens is 1. The standard InChI is InChI=1S/C18H33N3O2S.ClH/c1-14-8-9-21(16(10-14)11-19)18(23)13-24-12-17(22)20(2)15-6-4-3-5-7-15;/h14-16H,3-13,19H2,1-2H3;1H. The quantitative estimate of drug-likeness (QED) is 0.755. The third-order valence-corrected chi connectivity index (χ3v) is 6.44. The Morgan fingerprint density at radius 1 is 1.16 bits per heavy atom. The van der Waals surface area contributed by atoms with E-state index in [-0.39, 0.29) is 30.3 Å². The highest BCUT2D eigenvalue weighted by molar-refractivity contribution is 8.00. The molecule has 0 aromatic heterocycles. The lowest BCUT2D eigenvalue weighted by Gasteiger charge is -2.38. The molecule has 0 bridgehead atoms. The Labute approximate surface area is 162 Å². The predicted octanol–water partition coefficient (Wildman–Crippen LogP) is 2.52. The van der Waals surface area contributed by atoms with Gasteiger partial charge < -0.3 is 15.5 Å². The van der Waals surface area contributed by atoms with Crippen LogP contribution in [0.25, 0.3) is 0 Å². The summed E-state index contributed by atoms with van der Waals surface area (Å²) in [5.74, 6) is 1.71. The number of hydrogen-bond acceptors (Lipinski definition) is 4. The van der Waals surface area contributed by atoms with Crippen molar-refractivity contribution in [2.75, 3.05) is 31.6 Å². The van der Waals surface area contributed by atoms with Crippen LogP contribution in [0.2, 0.25) is 0 Å². The molecule has 1 aliphatic heterocycles. The highest BCUT2D eigenvalue weighted by Crippen LogP contribution is 2.24. The maximum Gasteiger partial charge on any atom is 0.232 e. The van der Waals surface area contributed by atoms with Crippen molar-refractivity contribution in [1.29, 1.82) is 0 Å². The first-order valence-electron chi connectivity index (χ1n) is 9.35. The van der Waals surface area contributed by atoms with Gasteiger partial charge in [0.05, 0.1) is 11.5 Å². The largest absolute Gasteiger partial charge is 0.342 e. The van der Waals surface area contributed by atoms with Gasteiger partial charge in [0.15, 0.2) is 0 Å². The van der Waals surface area contributed by atoms with E-state index >= 15 is 0 Å². The van der Waals surface area contributed by atoms with Crippen LogP contribution in [-0.4, -0.2) is 65.3 Å². The molecule has 0 spiro atoms. The van der Waals surface area contributed by atoms with Gasteiger partial charge in [-0.2, -0.15) is 0 Å². The molecule has 7 heteroatoms. The number of rotatable bonds is 6. The third-order valence-electron chi connectivity index (χ3n) is 5.54. The van der Waals surface area contributed by atoms with E-state index in [1.165, 1.54) is 31.0 Å². The third kappa shape index (κ3) is 6.65. The Morgan fingerprint density at radius 3 is 2.48 bits per heavy atom. The number of amides is 2. The van der Waals surface area contributed by atoms with E-state index in [2.05, 4.69) is 6.92 Å². The SMILES string of the molecule is CC1CCN(C(=O)CSCC(=O)N(C)C2CCCCC2)C(CN)C1.Cl. The first-order chi connectivity index (χ1) is 11.5.